The molecule has 5 nitrogen and oxygen atoms in total. The summed E-state index contributed by atoms with van der Waals surface area (Å²) in [7, 11) is -3.91. The Labute approximate surface area is 142 Å². The fraction of sp³-hybridized carbons (Fsp3) is 0.250. The number of alkyl halides is 3. The molecule has 0 aliphatic carbocycles. The summed E-state index contributed by atoms with van der Waals surface area (Å²) in [5.74, 6) is 0.123. The average Bonchev–Trinajstić information content (AvgIpc) is 2.54. The Morgan fingerprint density at radius 1 is 1.08 bits per heavy atom. The molecule has 0 saturated carbocycles. The lowest BCUT2D eigenvalue weighted by molar-refractivity contribution is -0.274. The van der Waals surface area contributed by atoms with E-state index in [1.807, 2.05) is 0 Å². The second-order valence-electron chi connectivity index (χ2n) is 5.37. The van der Waals surface area contributed by atoms with Crippen LogP contribution in [0.15, 0.2) is 53.4 Å². The standard InChI is InChI=1S/C16H14F3NO4S/c17-16(18,19)24-11-5-7-12(8-6-11)25(21,22)20-14-9-10-23-15-4-2-1-3-13(14)15/h1-8,14,20H,9-10H2. The Kier molecular flexibility index (Phi) is 4.61. The van der Waals surface area contributed by atoms with Crippen molar-refractivity contribution in [1.29, 1.82) is 0 Å². The first-order valence-corrected chi connectivity index (χ1v) is 8.83. The van der Waals surface area contributed by atoms with E-state index in [2.05, 4.69) is 9.46 Å². The van der Waals surface area contributed by atoms with E-state index in [1.165, 1.54) is 0 Å². The Bertz CT molecular complexity index is 850. The lowest BCUT2D eigenvalue weighted by atomic mass is 10.0. The van der Waals surface area contributed by atoms with Crippen molar-refractivity contribution in [3.05, 3.63) is 54.1 Å². The zero-order valence-electron chi connectivity index (χ0n) is 12.8. The second kappa shape index (κ2) is 6.57. The number of sulfonamides is 1. The lowest BCUT2D eigenvalue weighted by Crippen LogP contribution is -2.32. The van der Waals surface area contributed by atoms with Crippen molar-refractivity contribution < 1.29 is 31.1 Å². The first kappa shape index (κ1) is 17.6. The summed E-state index contributed by atoms with van der Waals surface area (Å²) >= 11 is 0. The molecule has 0 saturated heterocycles. The van der Waals surface area contributed by atoms with E-state index in [4.69, 9.17) is 4.74 Å². The van der Waals surface area contributed by atoms with Crippen molar-refractivity contribution in [1.82, 2.24) is 4.72 Å². The highest BCUT2D eigenvalue weighted by Gasteiger charge is 2.31. The summed E-state index contributed by atoms with van der Waals surface area (Å²) in [6.45, 7) is 0.364. The first-order valence-electron chi connectivity index (χ1n) is 7.34. The maximum absolute atomic E-state index is 12.5. The van der Waals surface area contributed by atoms with Gasteiger partial charge in [0, 0.05) is 12.0 Å². The molecule has 1 N–H and O–H groups in total. The third-order valence-electron chi connectivity index (χ3n) is 3.62. The van der Waals surface area contributed by atoms with Crippen molar-refractivity contribution in [2.24, 2.45) is 0 Å². The van der Waals surface area contributed by atoms with Crippen LogP contribution in [-0.2, 0) is 10.0 Å². The SMILES string of the molecule is O=S(=O)(NC1CCOc2ccccc21)c1ccc(OC(F)(F)F)cc1. The van der Waals surface area contributed by atoms with Crippen LogP contribution < -0.4 is 14.2 Å². The Morgan fingerprint density at radius 2 is 1.76 bits per heavy atom. The molecular weight excluding hydrogens is 359 g/mol. The summed E-state index contributed by atoms with van der Waals surface area (Å²) in [6, 6.07) is 10.7. The number of hydrogen-bond acceptors (Lipinski definition) is 4. The van der Waals surface area contributed by atoms with Gasteiger partial charge in [-0.2, -0.15) is 0 Å². The Balaban J connectivity index is 1.79. The molecule has 1 unspecified atom stereocenters. The topological polar surface area (TPSA) is 64.6 Å². The number of halogens is 3. The molecule has 9 heteroatoms. The third-order valence-corrected chi connectivity index (χ3v) is 5.11. The number of ether oxygens (including phenoxy) is 2. The van der Waals surface area contributed by atoms with Crippen LogP contribution in [0.4, 0.5) is 13.2 Å². The molecule has 0 fully saturated rings. The maximum atomic E-state index is 12.5. The van der Waals surface area contributed by atoms with E-state index in [1.54, 1.807) is 24.3 Å². The lowest BCUT2D eigenvalue weighted by Gasteiger charge is -2.26. The van der Waals surface area contributed by atoms with E-state index in [-0.39, 0.29) is 4.90 Å². The van der Waals surface area contributed by atoms with Crippen LogP contribution in [0.25, 0.3) is 0 Å². The molecule has 0 spiro atoms. The molecule has 0 bridgehead atoms. The normalized spacial score (nSPS) is 17.5. The van der Waals surface area contributed by atoms with E-state index < -0.39 is 28.2 Å². The minimum absolute atomic E-state index is 0.147. The molecular formula is C16H14F3NO4S. The van der Waals surface area contributed by atoms with Gasteiger partial charge in [-0.05, 0) is 30.3 Å². The van der Waals surface area contributed by atoms with Gasteiger partial charge in [0.15, 0.2) is 0 Å². The van der Waals surface area contributed by atoms with Crippen molar-refractivity contribution in [2.75, 3.05) is 6.61 Å². The smallest absolute Gasteiger partial charge is 0.493 e. The molecule has 1 heterocycles. The molecule has 2 aromatic carbocycles. The van der Waals surface area contributed by atoms with E-state index >= 15 is 0 Å². The molecule has 134 valence electrons. The number of benzene rings is 2. The van der Waals surface area contributed by atoms with E-state index in [0.717, 1.165) is 24.3 Å². The van der Waals surface area contributed by atoms with Crippen molar-refractivity contribution in [3.63, 3.8) is 0 Å². The number of rotatable bonds is 4. The van der Waals surface area contributed by atoms with Gasteiger partial charge in [0.1, 0.15) is 11.5 Å². The van der Waals surface area contributed by atoms with Crippen molar-refractivity contribution in [3.8, 4) is 11.5 Å². The summed E-state index contributed by atoms with van der Waals surface area (Å²) in [4.78, 5) is -0.147. The van der Waals surface area contributed by atoms with Crippen LogP contribution in [0.5, 0.6) is 11.5 Å². The fourth-order valence-corrected chi connectivity index (χ4v) is 3.79. The highest BCUT2D eigenvalue weighted by molar-refractivity contribution is 7.89. The van der Waals surface area contributed by atoms with Gasteiger partial charge in [-0.25, -0.2) is 13.1 Å². The molecule has 1 atom stereocenters. The Morgan fingerprint density at radius 3 is 2.44 bits per heavy atom. The zero-order valence-corrected chi connectivity index (χ0v) is 13.6. The monoisotopic (exact) mass is 373 g/mol. The van der Waals surface area contributed by atoms with Gasteiger partial charge in [0.05, 0.1) is 17.5 Å². The van der Waals surface area contributed by atoms with Gasteiger partial charge in [0.2, 0.25) is 10.0 Å². The van der Waals surface area contributed by atoms with Gasteiger partial charge < -0.3 is 9.47 Å². The molecule has 1 aliphatic rings. The van der Waals surface area contributed by atoms with Gasteiger partial charge in [-0.15, -0.1) is 13.2 Å². The maximum Gasteiger partial charge on any atom is 0.573 e. The minimum Gasteiger partial charge on any atom is -0.493 e. The van der Waals surface area contributed by atoms with Gasteiger partial charge in [-0.1, -0.05) is 18.2 Å². The van der Waals surface area contributed by atoms with Crippen LogP contribution in [0.2, 0.25) is 0 Å². The summed E-state index contributed by atoms with van der Waals surface area (Å²) in [6.07, 6.45) is -4.38. The molecule has 3 rings (SSSR count). The van der Waals surface area contributed by atoms with Crippen LogP contribution in [0.3, 0.4) is 0 Å². The van der Waals surface area contributed by atoms with Crippen LogP contribution in [-0.4, -0.2) is 21.4 Å². The number of fused-ring (bicyclic) bond motifs is 1. The van der Waals surface area contributed by atoms with Crippen LogP contribution >= 0.6 is 0 Å². The Hall–Kier alpha value is -2.26. The molecule has 25 heavy (non-hydrogen) atoms. The fourth-order valence-electron chi connectivity index (χ4n) is 2.54. The average molecular weight is 373 g/mol. The van der Waals surface area contributed by atoms with Crippen LogP contribution in [0.1, 0.15) is 18.0 Å². The van der Waals surface area contributed by atoms with E-state index in [9.17, 15) is 21.6 Å². The zero-order chi connectivity index (χ0) is 18.1. The largest absolute Gasteiger partial charge is 0.573 e. The summed E-state index contributed by atoms with van der Waals surface area (Å²) < 4.78 is 73.2. The van der Waals surface area contributed by atoms with Crippen LogP contribution in [0, 0.1) is 0 Å². The molecule has 2 aromatic rings. The summed E-state index contributed by atoms with van der Waals surface area (Å²) in [5.41, 5.74) is 0.717. The molecule has 0 amide bonds. The van der Waals surface area contributed by atoms with E-state index in [0.29, 0.717) is 24.3 Å². The second-order valence-corrected chi connectivity index (χ2v) is 7.08. The highest BCUT2D eigenvalue weighted by atomic mass is 32.2. The number of hydrogen-bond donors (Lipinski definition) is 1. The van der Waals surface area contributed by atoms with Crippen molar-refractivity contribution >= 4 is 10.0 Å². The minimum atomic E-state index is -4.83. The summed E-state index contributed by atoms with van der Waals surface area (Å²) in [5, 5.41) is 0. The number of para-hydroxylation sites is 1. The third kappa shape index (κ3) is 4.23. The predicted molar refractivity (Wildman–Crippen MR) is 82.7 cm³/mol. The quantitative estimate of drug-likeness (QED) is 0.892. The highest BCUT2D eigenvalue weighted by Crippen LogP contribution is 2.33. The molecule has 0 aromatic heterocycles. The first-order chi connectivity index (χ1) is 11.7. The van der Waals surface area contributed by atoms with Gasteiger partial charge in [-0.3, -0.25) is 0 Å². The van der Waals surface area contributed by atoms with Crippen molar-refractivity contribution in [2.45, 2.75) is 23.7 Å². The molecule has 0 radical (unpaired) electrons. The predicted octanol–water partition coefficient (Wildman–Crippen LogP) is 3.39. The number of nitrogens with one attached hydrogen (secondary N) is 1. The van der Waals surface area contributed by atoms with Gasteiger partial charge in [0.25, 0.3) is 0 Å². The molecule has 1 aliphatic heterocycles. The van der Waals surface area contributed by atoms with Gasteiger partial charge >= 0.3 is 6.36 Å².